The van der Waals surface area contributed by atoms with E-state index in [1.165, 1.54) is 11.8 Å². The molecule has 2 aliphatic rings. The van der Waals surface area contributed by atoms with Gasteiger partial charge in [-0.05, 0) is 49.3 Å². The second kappa shape index (κ2) is 9.13. The van der Waals surface area contributed by atoms with Crippen molar-refractivity contribution in [3.63, 3.8) is 0 Å². The first-order chi connectivity index (χ1) is 15.0. The highest BCUT2D eigenvalue weighted by Crippen LogP contribution is 2.45. The molecule has 158 valence electrons. The van der Waals surface area contributed by atoms with Crippen LogP contribution in [0.2, 0.25) is 0 Å². The lowest BCUT2D eigenvalue weighted by atomic mass is 9.79. The number of carbonyl (C=O) groups is 2. The molecule has 0 bridgehead atoms. The number of allylic oxidation sites excluding steroid dienone is 3. The molecule has 1 aliphatic carbocycles. The van der Waals surface area contributed by atoms with Crippen LogP contribution in [0.4, 0.5) is 5.69 Å². The Balaban J connectivity index is 1.58. The Hall–Kier alpha value is -2.82. The van der Waals surface area contributed by atoms with E-state index in [0.717, 1.165) is 45.8 Å². The van der Waals surface area contributed by atoms with Gasteiger partial charge in [-0.2, -0.15) is 5.26 Å². The molecule has 5 nitrogen and oxygen atoms in total. The van der Waals surface area contributed by atoms with Gasteiger partial charge in [0.15, 0.2) is 5.78 Å². The van der Waals surface area contributed by atoms with Crippen LogP contribution in [0.15, 0.2) is 57.6 Å². The number of thiophene rings is 1. The molecule has 1 aromatic heterocycles. The topological polar surface area (TPSA) is 82.0 Å². The number of Topliss-reactive ketones (excluding diaryl/α,β-unsaturated/α-hetero) is 1. The number of carbonyl (C=O) groups excluding carboxylic acids is 2. The minimum absolute atomic E-state index is 0.108. The molecule has 1 aliphatic heterocycles. The zero-order valence-corrected chi connectivity index (χ0v) is 19.1. The molecule has 2 aromatic rings. The van der Waals surface area contributed by atoms with Gasteiger partial charge in [0.2, 0.25) is 5.91 Å². The van der Waals surface area contributed by atoms with Crippen LogP contribution in [-0.4, -0.2) is 17.4 Å². The quantitative estimate of drug-likeness (QED) is 0.658. The Kier molecular flexibility index (Phi) is 6.30. The monoisotopic (exact) mass is 449 g/mol. The van der Waals surface area contributed by atoms with Gasteiger partial charge in [-0.25, -0.2) is 0 Å². The normalized spacial score (nSPS) is 18.4. The number of hydrogen-bond acceptors (Lipinski definition) is 6. The predicted octanol–water partition coefficient (Wildman–Crippen LogP) is 5.17. The Morgan fingerprint density at radius 3 is 2.71 bits per heavy atom. The second-order valence-corrected chi connectivity index (χ2v) is 9.67. The van der Waals surface area contributed by atoms with Crippen LogP contribution in [0.3, 0.4) is 0 Å². The largest absolute Gasteiger partial charge is 0.352 e. The van der Waals surface area contributed by atoms with Crippen molar-refractivity contribution in [2.75, 3.05) is 11.1 Å². The van der Waals surface area contributed by atoms with Gasteiger partial charge < -0.3 is 10.6 Å². The lowest BCUT2D eigenvalue weighted by Gasteiger charge is -2.32. The molecule has 0 saturated heterocycles. The molecule has 0 spiro atoms. The van der Waals surface area contributed by atoms with E-state index >= 15 is 0 Å². The number of ketones is 1. The van der Waals surface area contributed by atoms with Gasteiger partial charge in [0, 0.05) is 28.3 Å². The Morgan fingerprint density at radius 1 is 1.26 bits per heavy atom. The van der Waals surface area contributed by atoms with Crippen molar-refractivity contribution < 1.29 is 9.59 Å². The first kappa shape index (κ1) is 21.4. The number of thioether (sulfide) groups is 1. The maximum atomic E-state index is 12.7. The van der Waals surface area contributed by atoms with E-state index in [-0.39, 0.29) is 23.4 Å². The van der Waals surface area contributed by atoms with E-state index in [4.69, 9.17) is 0 Å². The summed E-state index contributed by atoms with van der Waals surface area (Å²) in [5, 5.41) is 18.9. The van der Waals surface area contributed by atoms with Gasteiger partial charge in [-0.3, -0.25) is 9.59 Å². The fourth-order valence-electron chi connectivity index (χ4n) is 4.10. The number of para-hydroxylation sites is 1. The van der Waals surface area contributed by atoms with Crippen LogP contribution in [0, 0.1) is 25.2 Å². The number of hydrogen-bond donors (Lipinski definition) is 2. The van der Waals surface area contributed by atoms with Crippen LogP contribution >= 0.6 is 23.1 Å². The summed E-state index contributed by atoms with van der Waals surface area (Å²) in [4.78, 5) is 26.4. The number of amides is 1. The Bertz CT molecular complexity index is 1120. The average molecular weight is 450 g/mol. The predicted molar refractivity (Wildman–Crippen MR) is 126 cm³/mol. The van der Waals surface area contributed by atoms with Crippen LogP contribution in [0.5, 0.6) is 0 Å². The molecule has 0 saturated carbocycles. The second-order valence-electron chi connectivity index (χ2n) is 7.70. The molecule has 1 aromatic carbocycles. The summed E-state index contributed by atoms with van der Waals surface area (Å²) in [5.74, 6) is -0.189. The highest BCUT2D eigenvalue weighted by atomic mass is 32.2. The minimum Gasteiger partial charge on any atom is -0.352 e. The minimum atomic E-state index is -0.349. The third kappa shape index (κ3) is 4.32. The smallest absolute Gasteiger partial charge is 0.234 e. The fraction of sp³-hybridized carbons (Fsp3) is 0.292. The number of nitrogens with zero attached hydrogens (tertiary/aromatic N) is 1. The summed E-state index contributed by atoms with van der Waals surface area (Å²) in [6.07, 6.45) is 2.09. The summed E-state index contributed by atoms with van der Waals surface area (Å²) < 4.78 is 0. The van der Waals surface area contributed by atoms with Gasteiger partial charge in [0.25, 0.3) is 0 Å². The van der Waals surface area contributed by atoms with E-state index in [9.17, 15) is 14.9 Å². The number of dihydropyridines is 1. The zero-order valence-electron chi connectivity index (χ0n) is 17.5. The van der Waals surface area contributed by atoms with Crippen molar-refractivity contribution >= 4 is 40.5 Å². The van der Waals surface area contributed by atoms with Crippen molar-refractivity contribution in [2.24, 2.45) is 0 Å². The maximum absolute atomic E-state index is 12.7. The maximum Gasteiger partial charge on any atom is 0.234 e. The molecule has 0 unspecified atom stereocenters. The zero-order chi connectivity index (χ0) is 22.0. The van der Waals surface area contributed by atoms with E-state index in [1.807, 2.05) is 49.6 Å². The number of anilines is 1. The third-order valence-corrected chi connectivity index (χ3v) is 7.54. The highest BCUT2D eigenvalue weighted by molar-refractivity contribution is 8.03. The molecule has 2 N–H and O–H groups in total. The van der Waals surface area contributed by atoms with Crippen molar-refractivity contribution in [1.82, 2.24) is 5.32 Å². The summed E-state index contributed by atoms with van der Waals surface area (Å²) in [6.45, 7) is 3.93. The van der Waals surface area contributed by atoms with E-state index in [0.29, 0.717) is 17.0 Å². The van der Waals surface area contributed by atoms with Crippen molar-refractivity contribution in [2.45, 2.75) is 39.0 Å². The van der Waals surface area contributed by atoms with Gasteiger partial charge in [0.1, 0.15) is 0 Å². The number of benzene rings is 1. The van der Waals surface area contributed by atoms with Crippen LogP contribution in [-0.2, 0) is 9.59 Å². The van der Waals surface area contributed by atoms with Crippen LogP contribution in [0.25, 0.3) is 0 Å². The lowest BCUT2D eigenvalue weighted by Crippen LogP contribution is -2.31. The Labute approximate surface area is 190 Å². The van der Waals surface area contributed by atoms with Crippen molar-refractivity contribution in [3.05, 3.63) is 73.6 Å². The Morgan fingerprint density at radius 2 is 2.03 bits per heavy atom. The number of nitriles is 1. The van der Waals surface area contributed by atoms with E-state index < -0.39 is 0 Å². The summed E-state index contributed by atoms with van der Waals surface area (Å²) in [7, 11) is 0. The molecule has 1 amide bonds. The summed E-state index contributed by atoms with van der Waals surface area (Å²) in [5.41, 5.74) is 4.99. The first-order valence-corrected chi connectivity index (χ1v) is 12.1. The molecular weight excluding hydrogens is 426 g/mol. The number of nitrogens with one attached hydrogen (secondary N) is 2. The fourth-order valence-corrected chi connectivity index (χ4v) is 5.81. The molecule has 7 heteroatoms. The highest BCUT2D eigenvalue weighted by Gasteiger charge is 2.37. The summed E-state index contributed by atoms with van der Waals surface area (Å²) >= 11 is 2.87. The van der Waals surface area contributed by atoms with Crippen molar-refractivity contribution in [1.29, 1.82) is 5.26 Å². The lowest BCUT2D eigenvalue weighted by molar-refractivity contribution is -0.116. The third-order valence-electron chi connectivity index (χ3n) is 5.58. The van der Waals surface area contributed by atoms with Gasteiger partial charge in [-0.15, -0.1) is 11.3 Å². The molecule has 1 atom stereocenters. The number of aryl methyl sites for hydroxylation is 2. The van der Waals surface area contributed by atoms with Gasteiger partial charge >= 0.3 is 0 Å². The SMILES string of the molecule is Cc1cccc(C)c1NC(=O)CSC1=C(C#N)[C@@H](c2cccs2)C2=C(CCCC2=O)N1. The van der Waals surface area contributed by atoms with Gasteiger partial charge in [-0.1, -0.05) is 36.0 Å². The number of rotatable bonds is 5. The average Bonchev–Trinajstić information content (AvgIpc) is 3.28. The molecule has 2 heterocycles. The van der Waals surface area contributed by atoms with Crippen LogP contribution < -0.4 is 10.6 Å². The van der Waals surface area contributed by atoms with E-state index in [1.54, 1.807) is 11.3 Å². The summed E-state index contributed by atoms with van der Waals surface area (Å²) in [6, 6.07) is 12.1. The standard InChI is InChI=1S/C24H23N3O2S2/c1-14-6-3-7-15(2)23(14)27-20(29)13-31-24-16(12-25)21(19-10-5-11-30-19)22-17(26-24)8-4-9-18(22)28/h3,5-7,10-11,21,26H,4,8-9,13H2,1-2H3,(H,27,29)/t21-/m0/s1. The molecule has 4 rings (SSSR count). The molecular formula is C24H23N3O2S2. The first-order valence-electron chi connectivity index (χ1n) is 10.2. The van der Waals surface area contributed by atoms with Gasteiger partial charge in [0.05, 0.1) is 28.3 Å². The van der Waals surface area contributed by atoms with Crippen LogP contribution in [0.1, 0.15) is 41.2 Å². The van der Waals surface area contributed by atoms with E-state index in [2.05, 4.69) is 16.7 Å². The molecule has 31 heavy (non-hydrogen) atoms. The van der Waals surface area contributed by atoms with Crippen molar-refractivity contribution in [3.8, 4) is 6.07 Å². The molecule has 0 radical (unpaired) electrons. The molecule has 0 fully saturated rings.